The van der Waals surface area contributed by atoms with E-state index in [1.165, 1.54) is 0 Å². The molecule has 3 heteroatoms. The Balaban J connectivity index is 2.30. The summed E-state index contributed by atoms with van der Waals surface area (Å²) in [6, 6.07) is 0. The molecule has 0 spiro atoms. The quantitative estimate of drug-likeness (QED) is 0.609. The molecular weight excluding hydrogens is 116 g/mol. The highest BCUT2D eigenvalue weighted by atomic mass is 16.5. The second-order valence-electron chi connectivity index (χ2n) is 1.85. The average Bonchev–Trinajstić information content (AvgIpc) is 2.34. The van der Waals surface area contributed by atoms with Gasteiger partial charge in [-0.2, -0.15) is 0 Å². The Morgan fingerprint density at radius 3 is 3.11 bits per heavy atom. The van der Waals surface area contributed by atoms with E-state index in [-0.39, 0.29) is 0 Å². The van der Waals surface area contributed by atoms with Crippen LogP contribution in [-0.2, 0) is 6.42 Å². The van der Waals surface area contributed by atoms with Crippen molar-refractivity contribution in [3.8, 4) is 0 Å². The lowest BCUT2D eigenvalue weighted by molar-refractivity contribution is 0.392. The van der Waals surface area contributed by atoms with E-state index in [0.717, 1.165) is 25.0 Å². The van der Waals surface area contributed by atoms with Crippen LogP contribution >= 0.6 is 0 Å². The van der Waals surface area contributed by atoms with E-state index < -0.39 is 0 Å². The fraction of sp³-hybridized carbons (Fsp3) is 0.500. The number of hydrogen-bond acceptors (Lipinski definition) is 3. The maximum Gasteiger partial charge on any atom is 0.147 e. The normalized spacial score (nSPS) is 9.89. The van der Waals surface area contributed by atoms with Crippen molar-refractivity contribution in [3.05, 3.63) is 18.9 Å². The standard InChI is InChI=1S/C6H9N2O/c1-2-3-4-6-5-9-8-7-6/h5H,1-4H2. The molecule has 3 nitrogen and oxygen atoms in total. The lowest BCUT2D eigenvalue weighted by Crippen LogP contribution is -1.83. The van der Waals surface area contributed by atoms with Gasteiger partial charge in [0.15, 0.2) is 0 Å². The van der Waals surface area contributed by atoms with E-state index in [1.54, 1.807) is 6.26 Å². The zero-order chi connectivity index (χ0) is 6.53. The predicted octanol–water partition coefficient (Wildman–Crippen LogP) is 1.23. The Hall–Kier alpha value is -0.860. The van der Waals surface area contributed by atoms with E-state index in [2.05, 4.69) is 21.8 Å². The fourth-order valence-corrected chi connectivity index (χ4v) is 0.599. The summed E-state index contributed by atoms with van der Waals surface area (Å²) < 4.78 is 4.53. The third-order valence-corrected chi connectivity index (χ3v) is 1.09. The van der Waals surface area contributed by atoms with Gasteiger partial charge in [0.05, 0.1) is 0 Å². The number of hydrogen-bond donors (Lipinski definition) is 0. The molecule has 1 radical (unpaired) electrons. The molecule has 0 bridgehead atoms. The molecular formula is C6H9N2O. The summed E-state index contributed by atoms with van der Waals surface area (Å²) in [4.78, 5) is 0. The molecule has 0 aromatic carbocycles. The largest absolute Gasteiger partial charge is 0.345 e. The third kappa shape index (κ3) is 1.83. The van der Waals surface area contributed by atoms with Gasteiger partial charge in [0.1, 0.15) is 12.0 Å². The van der Waals surface area contributed by atoms with Crippen molar-refractivity contribution in [1.29, 1.82) is 0 Å². The highest BCUT2D eigenvalue weighted by Crippen LogP contribution is 1.98. The molecule has 0 aliphatic rings. The summed E-state index contributed by atoms with van der Waals surface area (Å²) in [5, 5.41) is 7.04. The SMILES string of the molecule is [CH2]CCCc1conn1. The summed E-state index contributed by atoms with van der Waals surface area (Å²) in [6.45, 7) is 3.71. The molecule has 0 N–H and O–H groups in total. The molecule has 1 rings (SSSR count). The molecule has 0 unspecified atom stereocenters. The number of nitrogens with zero attached hydrogens (tertiary/aromatic N) is 2. The maximum atomic E-state index is 4.53. The molecule has 1 aromatic rings. The topological polar surface area (TPSA) is 38.9 Å². The molecule has 0 atom stereocenters. The lowest BCUT2D eigenvalue weighted by atomic mass is 10.2. The van der Waals surface area contributed by atoms with Crippen LogP contribution in [0.15, 0.2) is 10.8 Å². The van der Waals surface area contributed by atoms with Crippen molar-refractivity contribution < 1.29 is 4.52 Å². The van der Waals surface area contributed by atoms with Crippen molar-refractivity contribution >= 4 is 0 Å². The van der Waals surface area contributed by atoms with Gasteiger partial charge in [0, 0.05) is 5.27 Å². The van der Waals surface area contributed by atoms with Gasteiger partial charge in [-0.25, -0.2) is 0 Å². The number of aromatic nitrogens is 2. The zero-order valence-electron chi connectivity index (χ0n) is 5.21. The Bertz CT molecular complexity index is 148. The van der Waals surface area contributed by atoms with E-state index >= 15 is 0 Å². The Kier molecular flexibility index (Phi) is 2.24. The van der Waals surface area contributed by atoms with Crippen LogP contribution in [0.3, 0.4) is 0 Å². The van der Waals surface area contributed by atoms with Crippen LogP contribution in [0.2, 0.25) is 0 Å². The summed E-state index contributed by atoms with van der Waals surface area (Å²) >= 11 is 0. The zero-order valence-corrected chi connectivity index (χ0v) is 5.21. The van der Waals surface area contributed by atoms with Gasteiger partial charge in [-0.15, -0.1) is 5.10 Å². The van der Waals surface area contributed by atoms with Gasteiger partial charge in [0.25, 0.3) is 0 Å². The fourth-order valence-electron chi connectivity index (χ4n) is 0.599. The van der Waals surface area contributed by atoms with Crippen molar-refractivity contribution in [1.82, 2.24) is 10.4 Å². The van der Waals surface area contributed by atoms with Crippen LogP contribution in [-0.4, -0.2) is 10.4 Å². The summed E-state index contributed by atoms with van der Waals surface area (Å²) in [5.41, 5.74) is 0.915. The molecule has 9 heavy (non-hydrogen) atoms. The monoisotopic (exact) mass is 125 g/mol. The van der Waals surface area contributed by atoms with Crippen molar-refractivity contribution in [2.75, 3.05) is 0 Å². The van der Waals surface area contributed by atoms with Gasteiger partial charge >= 0.3 is 0 Å². The van der Waals surface area contributed by atoms with Crippen LogP contribution in [0.25, 0.3) is 0 Å². The smallest absolute Gasteiger partial charge is 0.147 e. The molecule has 1 aromatic heterocycles. The first-order valence-corrected chi connectivity index (χ1v) is 2.98. The Morgan fingerprint density at radius 1 is 1.67 bits per heavy atom. The molecule has 0 amide bonds. The van der Waals surface area contributed by atoms with Crippen LogP contribution in [0, 0.1) is 6.92 Å². The van der Waals surface area contributed by atoms with Crippen LogP contribution in [0.5, 0.6) is 0 Å². The molecule has 1 heterocycles. The second kappa shape index (κ2) is 3.22. The molecule has 0 fully saturated rings. The van der Waals surface area contributed by atoms with Gasteiger partial charge in [-0.05, 0) is 12.8 Å². The van der Waals surface area contributed by atoms with Crippen molar-refractivity contribution in [2.45, 2.75) is 19.3 Å². The third-order valence-electron chi connectivity index (χ3n) is 1.09. The van der Waals surface area contributed by atoms with E-state index in [1.807, 2.05) is 0 Å². The first-order valence-electron chi connectivity index (χ1n) is 2.98. The van der Waals surface area contributed by atoms with Gasteiger partial charge in [-0.1, -0.05) is 13.3 Å². The molecule has 0 saturated heterocycles. The lowest BCUT2D eigenvalue weighted by Gasteiger charge is -1.86. The second-order valence-corrected chi connectivity index (χ2v) is 1.85. The summed E-state index contributed by atoms with van der Waals surface area (Å²) in [6.07, 6.45) is 4.48. The first-order chi connectivity index (χ1) is 4.43. The highest BCUT2D eigenvalue weighted by molar-refractivity contribution is 4.87. The molecule has 0 saturated carbocycles. The minimum absolute atomic E-state index is 0.915. The number of aryl methyl sites for hydroxylation is 1. The maximum absolute atomic E-state index is 4.53. The van der Waals surface area contributed by atoms with Crippen LogP contribution in [0.4, 0.5) is 0 Å². The molecule has 0 aliphatic carbocycles. The van der Waals surface area contributed by atoms with Crippen molar-refractivity contribution in [3.63, 3.8) is 0 Å². The van der Waals surface area contributed by atoms with E-state index in [4.69, 9.17) is 0 Å². The van der Waals surface area contributed by atoms with Crippen LogP contribution < -0.4 is 0 Å². The summed E-state index contributed by atoms with van der Waals surface area (Å²) in [7, 11) is 0. The Labute approximate surface area is 54.0 Å². The molecule has 0 aliphatic heterocycles. The van der Waals surface area contributed by atoms with Gasteiger partial charge in [-0.3, -0.25) is 0 Å². The summed E-state index contributed by atoms with van der Waals surface area (Å²) in [5.74, 6) is 0. The van der Waals surface area contributed by atoms with E-state index in [0.29, 0.717) is 0 Å². The minimum atomic E-state index is 0.915. The average molecular weight is 125 g/mol. The number of unbranched alkanes of at least 4 members (excludes halogenated alkanes) is 1. The predicted molar refractivity (Wildman–Crippen MR) is 32.6 cm³/mol. The molecule has 49 valence electrons. The van der Waals surface area contributed by atoms with E-state index in [9.17, 15) is 0 Å². The highest BCUT2D eigenvalue weighted by Gasteiger charge is 1.93. The van der Waals surface area contributed by atoms with Crippen molar-refractivity contribution in [2.24, 2.45) is 0 Å². The Morgan fingerprint density at radius 2 is 2.56 bits per heavy atom. The van der Waals surface area contributed by atoms with Gasteiger partial charge < -0.3 is 4.52 Å². The van der Waals surface area contributed by atoms with Gasteiger partial charge in [0.2, 0.25) is 0 Å². The minimum Gasteiger partial charge on any atom is -0.345 e. The number of rotatable bonds is 3. The van der Waals surface area contributed by atoms with Crippen LogP contribution in [0.1, 0.15) is 18.5 Å². The first kappa shape index (κ1) is 6.26.